The highest BCUT2D eigenvalue weighted by Gasteiger charge is 2.30. The largest absolute Gasteiger partial charge is 0.308 e. The van der Waals surface area contributed by atoms with E-state index in [0.29, 0.717) is 10.9 Å². The fourth-order valence-corrected chi connectivity index (χ4v) is 4.14. The molecule has 2 aromatic carbocycles. The van der Waals surface area contributed by atoms with Crippen LogP contribution in [-0.4, -0.2) is 32.9 Å². The summed E-state index contributed by atoms with van der Waals surface area (Å²) >= 11 is 1.37. The highest BCUT2D eigenvalue weighted by atomic mass is 32.2. The second-order valence-electron chi connectivity index (χ2n) is 6.75. The molecule has 1 atom stereocenters. The first-order valence-corrected chi connectivity index (χ1v) is 10.2. The van der Waals surface area contributed by atoms with Gasteiger partial charge in [0.05, 0.1) is 5.75 Å². The van der Waals surface area contributed by atoms with Gasteiger partial charge in [-0.15, -0.1) is 5.10 Å². The van der Waals surface area contributed by atoms with Gasteiger partial charge in [0.1, 0.15) is 0 Å². The maximum atomic E-state index is 12.8. The third-order valence-corrected chi connectivity index (χ3v) is 5.73. The van der Waals surface area contributed by atoms with Gasteiger partial charge < -0.3 is 4.90 Å². The first-order valence-electron chi connectivity index (χ1n) is 9.20. The Kier molecular flexibility index (Phi) is 4.99. The highest BCUT2D eigenvalue weighted by Crippen LogP contribution is 2.32. The summed E-state index contributed by atoms with van der Waals surface area (Å²) in [6.07, 6.45) is 1.92. The number of hydrogen-bond donors (Lipinski definition) is 1. The standard InChI is InChI=1S/C21H22N4OS/c1-3-15-8-10-16(11-9-15)20-22-21(24-23-20)27-13-19(26)25-14(2)12-17-6-4-5-7-18(17)25/h4-11,14H,3,12-13H2,1-2H3,(H,22,23,24)/t14-/m1/s1. The molecule has 0 bridgehead atoms. The molecule has 5 nitrogen and oxygen atoms in total. The summed E-state index contributed by atoms with van der Waals surface area (Å²) in [7, 11) is 0. The minimum absolute atomic E-state index is 0.0936. The van der Waals surface area contributed by atoms with Crippen LogP contribution in [0.25, 0.3) is 11.4 Å². The van der Waals surface area contributed by atoms with Gasteiger partial charge in [0.2, 0.25) is 11.1 Å². The third-order valence-electron chi connectivity index (χ3n) is 4.90. The monoisotopic (exact) mass is 378 g/mol. The van der Waals surface area contributed by atoms with E-state index in [4.69, 9.17) is 0 Å². The van der Waals surface area contributed by atoms with Crippen molar-refractivity contribution < 1.29 is 4.79 Å². The molecular formula is C21H22N4OS. The molecule has 0 saturated heterocycles. The first-order chi connectivity index (χ1) is 13.2. The van der Waals surface area contributed by atoms with E-state index in [1.54, 1.807) is 0 Å². The van der Waals surface area contributed by atoms with Crippen LogP contribution in [-0.2, 0) is 17.6 Å². The summed E-state index contributed by atoms with van der Waals surface area (Å²) in [5, 5.41) is 7.82. The fraction of sp³-hybridized carbons (Fsp3) is 0.286. The molecule has 1 amide bonds. The van der Waals surface area contributed by atoms with Crippen LogP contribution in [0.4, 0.5) is 5.69 Å². The van der Waals surface area contributed by atoms with Gasteiger partial charge in [0, 0.05) is 17.3 Å². The van der Waals surface area contributed by atoms with Crippen LogP contribution in [0.2, 0.25) is 0 Å². The Bertz CT molecular complexity index is 951. The van der Waals surface area contributed by atoms with Crippen molar-refractivity contribution in [3.05, 3.63) is 59.7 Å². The number of amides is 1. The molecule has 0 unspecified atom stereocenters. The number of carbonyl (C=O) groups excluding carboxylic acids is 1. The summed E-state index contributed by atoms with van der Waals surface area (Å²) < 4.78 is 0. The van der Waals surface area contributed by atoms with Crippen LogP contribution in [0.3, 0.4) is 0 Å². The summed E-state index contributed by atoms with van der Waals surface area (Å²) in [6.45, 7) is 4.22. The van der Waals surface area contributed by atoms with Crippen LogP contribution in [0.15, 0.2) is 53.7 Å². The number of hydrogen-bond acceptors (Lipinski definition) is 4. The van der Waals surface area contributed by atoms with E-state index in [0.717, 1.165) is 29.9 Å². The zero-order valence-electron chi connectivity index (χ0n) is 15.5. The molecule has 0 spiro atoms. The number of carbonyl (C=O) groups is 1. The number of H-pyrrole nitrogens is 1. The molecule has 3 aromatic rings. The van der Waals surface area contributed by atoms with E-state index >= 15 is 0 Å². The van der Waals surface area contributed by atoms with Gasteiger partial charge >= 0.3 is 0 Å². The Morgan fingerprint density at radius 2 is 2.00 bits per heavy atom. The van der Waals surface area contributed by atoms with Gasteiger partial charge in [-0.1, -0.05) is 61.2 Å². The minimum atomic E-state index is 0.0936. The van der Waals surface area contributed by atoms with E-state index in [2.05, 4.69) is 47.2 Å². The van der Waals surface area contributed by atoms with Crippen molar-refractivity contribution in [2.24, 2.45) is 0 Å². The van der Waals surface area contributed by atoms with Crippen molar-refractivity contribution in [1.82, 2.24) is 15.2 Å². The SMILES string of the molecule is CCc1ccc(-c2nc(SCC(=O)N3c4ccccc4C[C@H]3C)n[nH]2)cc1. The van der Waals surface area contributed by atoms with Crippen molar-refractivity contribution in [3.8, 4) is 11.4 Å². The predicted octanol–water partition coefficient (Wildman–Crippen LogP) is 4.10. The Morgan fingerprint density at radius 1 is 1.22 bits per heavy atom. The Labute approximate surface area is 163 Å². The molecule has 138 valence electrons. The van der Waals surface area contributed by atoms with E-state index in [1.807, 2.05) is 35.2 Å². The number of aryl methyl sites for hydroxylation is 1. The maximum Gasteiger partial charge on any atom is 0.237 e. The van der Waals surface area contributed by atoms with Crippen molar-refractivity contribution in [1.29, 1.82) is 0 Å². The number of fused-ring (bicyclic) bond motifs is 1. The first kappa shape index (κ1) is 17.8. The molecular weight excluding hydrogens is 356 g/mol. The molecule has 6 heteroatoms. The summed E-state index contributed by atoms with van der Waals surface area (Å²) in [5.41, 5.74) is 4.56. The molecule has 27 heavy (non-hydrogen) atoms. The molecule has 1 aliphatic heterocycles. The zero-order chi connectivity index (χ0) is 18.8. The van der Waals surface area contributed by atoms with E-state index in [1.165, 1.54) is 22.9 Å². The Balaban J connectivity index is 1.42. The van der Waals surface area contributed by atoms with Crippen LogP contribution in [0.5, 0.6) is 0 Å². The van der Waals surface area contributed by atoms with Gasteiger partial charge in [0.15, 0.2) is 5.82 Å². The number of nitrogens with one attached hydrogen (secondary N) is 1. The molecule has 1 aromatic heterocycles. The zero-order valence-corrected chi connectivity index (χ0v) is 16.3. The van der Waals surface area contributed by atoms with Gasteiger partial charge in [-0.3, -0.25) is 9.89 Å². The summed E-state index contributed by atoms with van der Waals surface area (Å²) in [4.78, 5) is 19.2. The van der Waals surface area contributed by atoms with Crippen LogP contribution in [0.1, 0.15) is 25.0 Å². The van der Waals surface area contributed by atoms with Crippen LogP contribution >= 0.6 is 11.8 Å². The smallest absolute Gasteiger partial charge is 0.237 e. The van der Waals surface area contributed by atoms with Crippen LogP contribution in [0, 0.1) is 0 Å². The van der Waals surface area contributed by atoms with Crippen LogP contribution < -0.4 is 4.90 Å². The molecule has 1 aliphatic rings. The Morgan fingerprint density at radius 3 is 2.78 bits per heavy atom. The van der Waals surface area contributed by atoms with Gasteiger partial charge in [0.25, 0.3) is 0 Å². The van der Waals surface area contributed by atoms with Crippen molar-refractivity contribution in [3.63, 3.8) is 0 Å². The number of aromatic amines is 1. The quantitative estimate of drug-likeness (QED) is 0.679. The fourth-order valence-electron chi connectivity index (χ4n) is 3.48. The van der Waals surface area contributed by atoms with E-state index in [-0.39, 0.29) is 11.9 Å². The summed E-state index contributed by atoms with van der Waals surface area (Å²) in [6, 6.07) is 16.6. The second kappa shape index (κ2) is 7.56. The number of nitrogens with zero attached hydrogens (tertiary/aromatic N) is 3. The predicted molar refractivity (Wildman–Crippen MR) is 109 cm³/mol. The van der Waals surface area contributed by atoms with Gasteiger partial charge in [-0.25, -0.2) is 4.98 Å². The number of thioether (sulfide) groups is 1. The lowest BCUT2D eigenvalue weighted by Gasteiger charge is -2.22. The third kappa shape index (κ3) is 3.62. The molecule has 0 fully saturated rings. The average Bonchev–Trinajstić information content (AvgIpc) is 3.30. The summed E-state index contributed by atoms with van der Waals surface area (Å²) in [5.74, 6) is 1.15. The van der Waals surface area contributed by atoms with Crippen molar-refractivity contribution >= 4 is 23.4 Å². The lowest BCUT2D eigenvalue weighted by atomic mass is 10.1. The minimum Gasteiger partial charge on any atom is -0.308 e. The highest BCUT2D eigenvalue weighted by molar-refractivity contribution is 7.99. The van der Waals surface area contributed by atoms with Crippen molar-refractivity contribution in [2.45, 2.75) is 37.9 Å². The second-order valence-corrected chi connectivity index (χ2v) is 7.69. The number of aromatic nitrogens is 3. The number of rotatable bonds is 5. The Hall–Kier alpha value is -2.60. The molecule has 0 saturated carbocycles. The van der Waals surface area contributed by atoms with Gasteiger partial charge in [-0.2, -0.15) is 0 Å². The lowest BCUT2D eigenvalue weighted by Crippen LogP contribution is -2.36. The van der Waals surface area contributed by atoms with Crippen molar-refractivity contribution in [2.75, 3.05) is 10.7 Å². The number of anilines is 1. The average molecular weight is 379 g/mol. The molecule has 2 heterocycles. The van der Waals surface area contributed by atoms with Gasteiger partial charge in [-0.05, 0) is 37.0 Å². The number of benzene rings is 2. The van der Waals surface area contributed by atoms with E-state index < -0.39 is 0 Å². The topological polar surface area (TPSA) is 61.9 Å². The molecule has 0 radical (unpaired) electrons. The maximum absolute atomic E-state index is 12.8. The normalized spacial score (nSPS) is 15.8. The number of para-hydroxylation sites is 1. The molecule has 0 aliphatic carbocycles. The molecule has 1 N–H and O–H groups in total. The molecule has 4 rings (SSSR count). The lowest BCUT2D eigenvalue weighted by molar-refractivity contribution is -0.116. The van der Waals surface area contributed by atoms with E-state index in [9.17, 15) is 4.79 Å².